The molecule has 4 nitrogen and oxygen atoms in total. The van der Waals surface area contributed by atoms with Crippen molar-refractivity contribution >= 4 is 12.4 Å². The lowest BCUT2D eigenvalue weighted by atomic mass is 10.0. The molecule has 0 radical (unpaired) electrons. The van der Waals surface area contributed by atoms with E-state index in [0.29, 0.717) is 42.4 Å². The summed E-state index contributed by atoms with van der Waals surface area (Å²) in [6.45, 7) is 1.14. The Balaban J connectivity index is 0.00000280. The summed E-state index contributed by atoms with van der Waals surface area (Å²) in [4.78, 5) is 0. The summed E-state index contributed by atoms with van der Waals surface area (Å²) >= 11 is 0. The van der Waals surface area contributed by atoms with Gasteiger partial charge in [0.1, 0.15) is 13.2 Å². The summed E-state index contributed by atoms with van der Waals surface area (Å²) in [6.07, 6.45) is 0. The van der Waals surface area contributed by atoms with Gasteiger partial charge < -0.3 is 19.9 Å². The van der Waals surface area contributed by atoms with Crippen LogP contribution in [0.3, 0.4) is 0 Å². The van der Waals surface area contributed by atoms with Gasteiger partial charge in [-0.3, -0.25) is 0 Å². The fourth-order valence-electron chi connectivity index (χ4n) is 2.70. The van der Waals surface area contributed by atoms with Crippen molar-refractivity contribution in [2.45, 2.75) is 6.61 Å². The maximum Gasteiger partial charge on any atom is 0.172 e. The van der Waals surface area contributed by atoms with Crippen LogP contribution < -0.4 is 19.9 Å². The molecule has 0 spiro atoms. The van der Waals surface area contributed by atoms with Crippen LogP contribution in [-0.2, 0) is 6.61 Å². The Morgan fingerprint density at radius 1 is 0.857 bits per heavy atom. The van der Waals surface area contributed by atoms with Crippen molar-refractivity contribution in [2.24, 2.45) is 5.73 Å². The van der Waals surface area contributed by atoms with Crippen molar-refractivity contribution < 1.29 is 18.6 Å². The number of hydrogen-bond acceptors (Lipinski definition) is 4. The van der Waals surface area contributed by atoms with Gasteiger partial charge in [0.15, 0.2) is 23.1 Å². The van der Waals surface area contributed by atoms with Gasteiger partial charge in [-0.2, -0.15) is 0 Å². The van der Waals surface area contributed by atoms with Gasteiger partial charge in [-0.15, -0.1) is 12.4 Å². The first-order chi connectivity index (χ1) is 13.2. The number of hydrogen-bond donors (Lipinski definition) is 1. The first-order valence-electron chi connectivity index (χ1n) is 8.69. The third kappa shape index (κ3) is 5.15. The number of methoxy groups -OCH3 is 1. The number of halogens is 2. The SMILES string of the molecule is COc1cccc(-c2ccc(OCCN)c(OCc3ccccc3)c2)c1F.Cl. The maximum atomic E-state index is 14.6. The molecule has 6 heteroatoms. The zero-order valence-corrected chi connectivity index (χ0v) is 16.4. The molecule has 28 heavy (non-hydrogen) atoms. The molecule has 0 saturated heterocycles. The second-order valence-corrected chi connectivity index (χ2v) is 5.89. The van der Waals surface area contributed by atoms with E-state index >= 15 is 0 Å². The second-order valence-electron chi connectivity index (χ2n) is 5.89. The molecule has 0 fully saturated rings. The van der Waals surface area contributed by atoms with Crippen molar-refractivity contribution in [3.05, 3.63) is 78.1 Å². The third-order valence-corrected chi connectivity index (χ3v) is 4.05. The summed E-state index contributed by atoms with van der Waals surface area (Å²) in [5.41, 5.74) is 7.67. The Hall–Kier alpha value is -2.76. The first-order valence-corrected chi connectivity index (χ1v) is 8.69. The highest BCUT2D eigenvalue weighted by Crippen LogP contribution is 2.36. The van der Waals surface area contributed by atoms with E-state index in [-0.39, 0.29) is 18.2 Å². The zero-order valence-electron chi connectivity index (χ0n) is 15.6. The molecule has 2 N–H and O–H groups in total. The monoisotopic (exact) mass is 403 g/mol. The smallest absolute Gasteiger partial charge is 0.172 e. The molecule has 0 saturated carbocycles. The average Bonchev–Trinajstić information content (AvgIpc) is 2.72. The van der Waals surface area contributed by atoms with Gasteiger partial charge in [-0.05, 0) is 29.3 Å². The normalized spacial score (nSPS) is 10.1. The van der Waals surface area contributed by atoms with Crippen molar-refractivity contribution in [1.29, 1.82) is 0 Å². The topological polar surface area (TPSA) is 53.7 Å². The molecule has 3 rings (SSSR count). The van der Waals surface area contributed by atoms with E-state index in [1.54, 1.807) is 36.4 Å². The van der Waals surface area contributed by atoms with Gasteiger partial charge in [0.25, 0.3) is 0 Å². The van der Waals surface area contributed by atoms with E-state index in [1.165, 1.54) is 7.11 Å². The largest absolute Gasteiger partial charge is 0.494 e. The molecule has 0 aliphatic heterocycles. The van der Waals surface area contributed by atoms with Gasteiger partial charge in [-0.25, -0.2) is 4.39 Å². The standard InChI is InChI=1S/C22H22FNO3.ClH/c1-25-20-9-5-8-18(22(20)23)17-10-11-19(26-13-12-24)21(14-17)27-15-16-6-3-2-4-7-16;/h2-11,14H,12-13,15,24H2,1H3;1H. The van der Waals surface area contributed by atoms with Crippen molar-refractivity contribution in [3.63, 3.8) is 0 Å². The van der Waals surface area contributed by atoms with Gasteiger partial charge in [-0.1, -0.05) is 48.5 Å². The van der Waals surface area contributed by atoms with E-state index in [4.69, 9.17) is 19.9 Å². The number of rotatable bonds is 8. The van der Waals surface area contributed by atoms with Gasteiger partial charge in [0, 0.05) is 12.1 Å². The Bertz CT molecular complexity index is 890. The van der Waals surface area contributed by atoms with Crippen LogP contribution >= 0.6 is 12.4 Å². The second kappa shape index (κ2) is 10.5. The predicted molar refractivity (Wildman–Crippen MR) is 111 cm³/mol. The summed E-state index contributed by atoms with van der Waals surface area (Å²) in [6, 6.07) is 20.2. The highest BCUT2D eigenvalue weighted by atomic mass is 35.5. The number of nitrogens with two attached hydrogens (primary N) is 1. The molecule has 0 unspecified atom stereocenters. The lowest BCUT2D eigenvalue weighted by Crippen LogP contribution is -2.11. The molecule has 148 valence electrons. The van der Waals surface area contributed by atoms with Crippen LogP contribution in [0.25, 0.3) is 11.1 Å². The van der Waals surface area contributed by atoms with Crippen LogP contribution in [0, 0.1) is 5.82 Å². The molecular weight excluding hydrogens is 381 g/mol. The molecule has 0 aromatic heterocycles. The van der Waals surface area contributed by atoms with E-state index in [9.17, 15) is 4.39 Å². The van der Waals surface area contributed by atoms with E-state index in [1.807, 2.05) is 30.3 Å². The van der Waals surface area contributed by atoms with Crippen LogP contribution in [-0.4, -0.2) is 20.3 Å². The summed E-state index contributed by atoms with van der Waals surface area (Å²) < 4.78 is 31.3. The molecule has 0 heterocycles. The maximum absolute atomic E-state index is 14.6. The van der Waals surface area contributed by atoms with E-state index < -0.39 is 5.82 Å². The molecule has 3 aromatic rings. The average molecular weight is 404 g/mol. The quantitative estimate of drug-likeness (QED) is 0.584. The van der Waals surface area contributed by atoms with Gasteiger partial charge >= 0.3 is 0 Å². The molecule has 0 amide bonds. The Labute approximate surface area is 170 Å². The fraction of sp³-hybridized carbons (Fsp3) is 0.182. The Kier molecular flexibility index (Phi) is 8.11. The fourth-order valence-corrected chi connectivity index (χ4v) is 2.70. The van der Waals surface area contributed by atoms with Crippen LogP contribution in [0.2, 0.25) is 0 Å². The minimum absolute atomic E-state index is 0. The summed E-state index contributed by atoms with van der Waals surface area (Å²) in [5.74, 6) is 0.891. The van der Waals surface area contributed by atoms with Crippen LogP contribution in [0.1, 0.15) is 5.56 Å². The van der Waals surface area contributed by atoms with E-state index in [0.717, 1.165) is 5.56 Å². The minimum Gasteiger partial charge on any atom is -0.494 e. The minimum atomic E-state index is -0.412. The van der Waals surface area contributed by atoms with Crippen molar-refractivity contribution in [1.82, 2.24) is 0 Å². The predicted octanol–water partition coefficient (Wildman–Crippen LogP) is 4.84. The summed E-state index contributed by atoms with van der Waals surface area (Å²) in [7, 11) is 1.44. The van der Waals surface area contributed by atoms with Crippen LogP contribution in [0.4, 0.5) is 4.39 Å². The lowest BCUT2D eigenvalue weighted by molar-refractivity contribution is 0.266. The van der Waals surface area contributed by atoms with Crippen LogP contribution in [0.5, 0.6) is 17.2 Å². The number of ether oxygens (including phenoxy) is 3. The molecule has 0 aliphatic rings. The highest BCUT2D eigenvalue weighted by Gasteiger charge is 2.14. The molecular formula is C22H23ClFNO3. The summed E-state index contributed by atoms with van der Waals surface area (Å²) in [5, 5.41) is 0. The zero-order chi connectivity index (χ0) is 19.1. The van der Waals surface area contributed by atoms with Gasteiger partial charge in [0.2, 0.25) is 0 Å². The van der Waals surface area contributed by atoms with Crippen molar-refractivity contribution in [3.8, 4) is 28.4 Å². The highest BCUT2D eigenvalue weighted by molar-refractivity contribution is 5.85. The third-order valence-electron chi connectivity index (χ3n) is 4.05. The molecule has 0 atom stereocenters. The molecule has 3 aromatic carbocycles. The molecule has 0 bridgehead atoms. The first kappa shape index (κ1) is 21.5. The lowest BCUT2D eigenvalue weighted by Gasteiger charge is -2.15. The van der Waals surface area contributed by atoms with E-state index in [2.05, 4.69) is 0 Å². The van der Waals surface area contributed by atoms with Crippen molar-refractivity contribution in [2.75, 3.05) is 20.3 Å². The Morgan fingerprint density at radius 2 is 1.64 bits per heavy atom. The van der Waals surface area contributed by atoms with Crippen LogP contribution in [0.15, 0.2) is 66.7 Å². The van der Waals surface area contributed by atoms with Gasteiger partial charge in [0.05, 0.1) is 7.11 Å². The molecule has 0 aliphatic carbocycles. The number of benzene rings is 3. The Morgan fingerprint density at radius 3 is 2.36 bits per heavy atom.